The number of cyclic esters (lactones) is 1. The lowest BCUT2D eigenvalue weighted by molar-refractivity contribution is -0.150. The highest BCUT2D eigenvalue weighted by Gasteiger charge is 2.28. The first-order chi connectivity index (χ1) is 17.9. The van der Waals surface area contributed by atoms with Crippen molar-refractivity contribution in [2.24, 2.45) is 17.8 Å². The van der Waals surface area contributed by atoms with Gasteiger partial charge in [-0.05, 0) is 50.5 Å². The van der Waals surface area contributed by atoms with Crippen molar-refractivity contribution in [1.82, 2.24) is 10.6 Å². The Balaban J connectivity index is 1.74. The van der Waals surface area contributed by atoms with E-state index in [1.54, 1.807) is 6.92 Å². The molecule has 204 valence electrons. The fraction of sp³-hybridized carbons (Fsp3) is 0.633. The highest BCUT2D eigenvalue weighted by molar-refractivity contribution is 5.86. The van der Waals surface area contributed by atoms with E-state index < -0.39 is 5.92 Å². The monoisotopic (exact) mass is 512 g/mol. The van der Waals surface area contributed by atoms with Crippen LogP contribution in [0.25, 0.3) is 0 Å². The molecule has 1 aliphatic heterocycles. The van der Waals surface area contributed by atoms with Gasteiger partial charge in [0.1, 0.15) is 6.61 Å². The van der Waals surface area contributed by atoms with Crippen LogP contribution in [0.1, 0.15) is 76.7 Å². The molecule has 2 aliphatic rings. The summed E-state index contributed by atoms with van der Waals surface area (Å²) < 4.78 is 5.84. The molecule has 1 saturated carbocycles. The number of aliphatic hydroxyl groups is 1. The molecule has 0 bridgehead atoms. The van der Waals surface area contributed by atoms with Crippen molar-refractivity contribution < 1.29 is 24.2 Å². The lowest BCUT2D eigenvalue weighted by Crippen LogP contribution is -2.45. The molecule has 2 amide bonds. The van der Waals surface area contributed by atoms with Crippen LogP contribution in [0.15, 0.2) is 42.5 Å². The summed E-state index contributed by atoms with van der Waals surface area (Å²) in [5.41, 5.74) is 1.10. The second kappa shape index (κ2) is 15.6. The van der Waals surface area contributed by atoms with Gasteiger partial charge in [0.2, 0.25) is 11.8 Å². The molecule has 1 aliphatic carbocycles. The second-order valence-corrected chi connectivity index (χ2v) is 10.8. The molecule has 0 radical (unpaired) electrons. The van der Waals surface area contributed by atoms with E-state index in [-0.39, 0.29) is 55.4 Å². The minimum absolute atomic E-state index is 0.0487. The van der Waals surface area contributed by atoms with Crippen molar-refractivity contribution in [2.75, 3.05) is 13.2 Å². The van der Waals surface area contributed by atoms with Crippen molar-refractivity contribution in [2.45, 2.75) is 89.6 Å². The number of carbonyl (C=O) groups is 3. The van der Waals surface area contributed by atoms with Crippen molar-refractivity contribution in [3.8, 4) is 0 Å². The Hall–Kier alpha value is -2.67. The van der Waals surface area contributed by atoms with Crippen LogP contribution in [0.2, 0.25) is 0 Å². The summed E-state index contributed by atoms with van der Waals surface area (Å²) in [5, 5.41) is 15.1. The molecule has 0 saturated heterocycles. The second-order valence-electron chi connectivity index (χ2n) is 10.8. The van der Waals surface area contributed by atoms with Gasteiger partial charge in [-0.25, -0.2) is 0 Å². The van der Waals surface area contributed by atoms with E-state index >= 15 is 0 Å². The topological polar surface area (TPSA) is 105 Å². The van der Waals surface area contributed by atoms with E-state index in [0.29, 0.717) is 31.6 Å². The van der Waals surface area contributed by atoms with Crippen LogP contribution in [-0.4, -0.2) is 48.2 Å². The zero-order valence-electron chi connectivity index (χ0n) is 22.2. The average Bonchev–Trinajstić information content (AvgIpc) is 2.91. The van der Waals surface area contributed by atoms with E-state index in [0.717, 1.165) is 24.8 Å². The van der Waals surface area contributed by atoms with Gasteiger partial charge < -0.3 is 20.5 Å². The fourth-order valence-electron chi connectivity index (χ4n) is 5.38. The number of hydrogen-bond donors (Lipinski definition) is 3. The Kier molecular flexibility index (Phi) is 12.1. The van der Waals surface area contributed by atoms with Crippen molar-refractivity contribution in [1.29, 1.82) is 0 Å². The molecule has 1 heterocycles. The largest absolute Gasteiger partial charge is 0.463 e. The maximum Gasteiger partial charge on any atom is 0.309 e. The van der Waals surface area contributed by atoms with Gasteiger partial charge in [-0.1, -0.05) is 74.6 Å². The number of amides is 2. The Morgan fingerprint density at radius 1 is 1.08 bits per heavy atom. The van der Waals surface area contributed by atoms with Crippen LogP contribution in [0, 0.1) is 17.8 Å². The average molecular weight is 513 g/mol. The molecule has 0 unspecified atom stereocenters. The van der Waals surface area contributed by atoms with Gasteiger partial charge >= 0.3 is 5.97 Å². The summed E-state index contributed by atoms with van der Waals surface area (Å²) in [4.78, 5) is 39.0. The highest BCUT2D eigenvalue weighted by Crippen LogP contribution is 2.28. The summed E-state index contributed by atoms with van der Waals surface area (Å²) in [6, 6.07) is 9.35. The third-order valence-electron chi connectivity index (χ3n) is 7.53. The predicted octanol–water partition coefficient (Wildman–Crippen LogP) is 4.09. The molecular weight excluding hydrogens is 468 g/mol. The van der Waals surface area contributed by atoms with Crippen LogP contribution in [-0.2, 0) is 25.5 Å². The lowest BCUT2D eigenvalue weighted by atomic mass is 9.84. The molecule has 4 atom stereocenters. The minimum atomic E-state index is -0.521. The SMILES string of the molecule is C[C@@H](CO)NC(=O)C[C@H]1CC=CCC[C@H](Cc2ccccc2)C(=O)OC[C@H](CC2CCCCC2)NC1=O. The number of hydrogen-bond acceptors (Lipinski definition) is 5. The van der Waals surface area contributed by atoms with Gasteiger partial charge in [0.05, 0.1) is 24.5 Å². The van der Waals surface area contributed by atoms with E-state index in [4.69, 9.17) is 4.74 Å². The molecular formula is C30H44N2O5. The zero-order chi connectivity index (χ0) is 26.5. The standard InChI is InChI=1S/C30H44N2O5/c1-22(20-33)31-28(34)19-25-15-9-4-10-16-26(17-23-11-5-2-6-12-23)30(36)37-21-27(32-29(25)35)18-24-13-7-3-8-14-24/h2,4-6,9,11-12,22,24-27,33H,3,7-8,10,13-21H2,1H3,(H,31,34)(H,32,35)/t22-,25+,26+,27-/m0/s1. The van der Waals surface area contributed by atoms with Crippen molar-refractivity contribution >= 4 is 17.8 Å². The van der Waals surface area contributed by atoms with Gasteiger partial charge in [-0.3, -0.25) is 14.4 Å². The Bertz CT molecular complexity index is 881. The van der Waals surface area contributed by atoms with Crippen LogP contribution < -0.4 is 10.6 Å². The molecule has 7 heteroatoms. The molecule has 1 aromatic rings. The molecule has 37 heavy (non-hydrogen) atoms. The summed E-state index contributed by atoms with van der Waals surface area (Å²) in [7, 11) is 0. The van der Waals surface area contributed by atoms with Crippen molar-refractivity contribution in [3.63, 3.8) is 0 Å². The van der Waals surface area contributed by atoms with Gasteiger partial charge in [-0.15, -0.1) is 0 Å². The number of rotatable bonds is 8. The number of carbonyl (C=O) groups excluding carboxylic acids is 3. The molecule has 1 aromatic carbocycles. The molecule has 0 spiro atoms. The van der Waals surface area contributed by atoms with Crippen LogP contribution >= 0.6 is 0 Å². The predicted molar refractivity (Wildman–Crippen MR) is 144 cm³/mol. The third kappa shape index (κ3) is 10.3. The lowest BCUT2D eigenvalue weighted by Gasteiger charge is -2.28. The van der Waals surface area contributed by atoms with Gasteiger partial charge in [0.25, 0.3) is 0 Å². The first kappa shape index (κ1) is 28.9. The molecule has 3 rings (SSSR count). The number of nitrogens with one attached hydrogen (secondary N) is 2. The first-order valence-electron chi connectivity index (χ1n) is 14.0. The minimum Gasteiger partial charge on any atom is -0.463 e. The smallest absolute Gasteiger partial charge is 0.309 e. The maximum atomic E-state index is 13.3. The first-order valence-corrected chi connectivity index (χ1v) is 14.0. The Morgan fingerprint density at radius 2 is 1.84 bits per heavy atom. The summed E-state index contributed by atoms with van der Waals surface area (Å²) in [6.45, 7) is 1.73. The van der Waals surface area contributed by atoms with E-state index in [9.17, 15) is 19.5 Å². The number of ether oxygens (including phenoxy) is 1. The quantitative estimate of drug-likeness (QED) is 0.360. The van der Waals surface area contributed by atoms with Crippen LogP contribution in [0.4, 0.5) is 0 Å². The summed E-state index contributed by atoms with van der Waals surface area (Å²) in [6.07, 6.45) is 13.1. The number of aliphatic hydroxyl groups excluding tert-OH is 1. The van der Waals surface area contributed by atoms with Crippen LogP contribution in [0.5, 0.6) is 0 Å². The van der Waals surface area contributed by atoms with E-state index in [1.165, 1.54) is 19.3 Å². The van der Waals surface area contributed by atoms with Gasteiger partial charge in [0, 0.05) is 12.5 Å². The fourth-order valence-corrected chi connectivity index (χ4v) is 5.38. The van der Waals surface area contributed by atoms with Gasteiger partial charge in [0.15, 0.2) is 0 Å². The zero-order valence-corrected chi connectivity index (χ0v) is 22.2. The maximum absolute atomic E-state index is 13.3. The van der Waals surface area contributed by atoms with E-state index in [1.807, 2.05) is 42.5 Å². The molecule has 1 fully saturated rings. The van der Waals surface area contributed by atoms with Crippen molar-refractivity contribution in [3.05, 3.63) is 48.0 Å². The van der Waals surface area contributed by atoms with Crippen LogP contribution in [0.3, 0.4) is 0 Å². The Labute approximate surface area is 221 Å². The number of benzene rings is 1. The molecule has 3 N–H and O–H groups in total. The summed E-state index contributed by atoms with van der Waals surface area (Å²) >= 11 is 0. The van der Waals surface area contributed by atoms with E-state index in [2.05, 4.69) is 10.6 Å². The van der Waals surface area contributed by atoms with Gasteiger partial charge in [-0.2, -0.15) is 0 Å². The third-order valence-corrected chi connectivity index (χ3v) is 7.53. The molecule has 7 nitrogen and oxygen atoms in total. The number of esters is 1. The summed E-state index contributed by atoms with van der Waals surface area (Å²) in [5.74, 6) is -0.923. The highest BCUT2D eigenvalue weighted by atomic mass is 16.5. The molecule has 0 aromatic heterocycles. The number of allylic oxidation sites excluding steroid dienone is 2. The Morgan fingerprint density at radius 3 is 2.57 bits per heavy atom. The normalized spacial score (nSPS) is 25.1.